The van der Waals surface area contributed by atoms with Crippen LogP contribution in [-0.4, -0.2) is 40.2 Å². The molecule has 1 aromatic heterocycles. The Morgan fingerprint density at radius 2 is 2.28 bits per heavy atom. The number of fused-ring (bicyclic) bond motifs is 1. The number of aromatic nitrogens is 2. The molecule has 1 N–H and O–H groups in total. The Morgan fingerprint density at radius 1 is 1.44 bits per heavy atom. The van der Waals surface area contributed by atoms with Crippen LogP contribution in [0.3, 0.4) is 0 Å². The zero-order chi connectivity index (χ0) is 12.8. The lowest BCUT2D eigenvalue weighted by Gasteiger charge is -2.22. The molecule has 0 spiro atoms. The molecule has 1 saturated heterocycles. The topological polar surface area (TPSA) is 72.2 Å². The van der Waals surface area contributed by atoms with Crippen molar-refractivity contribution >= 4 is 9.84 Å². The second kappa shape index (κ2) is 4.35. The fraction of sp³-hybridized carbons (Fsp3) is 0.750. The average Bonchev–Trinajstić information content (AvgIpc) is 2.84. The average molecular weight is 270 g/mol. The SMILES string of the molecule is O=S1(=O)CCCC1Cc1ncc2n1CC(O)CC2. The van der Waals surface area contributed by atoms with E-state index in [0.29, 0.717) is 18.7 Å². The van der Waals surface area contributed by atoms with Gasteiger partial charge < -0.3 is 9.67 Å². The van der Waals surface area contributed by atoms with E-state index in [-0.39, 0.29) is 11.4 Å². The summed E-state index contributed by atoms with van der Waals surface area (Å²) < 4.78 is 25.7. The van der Waals surface area contributed by atoms with Gasteiger partial charge in [-0.05, 0) is 25.7 Å². The van der Waals surface area contributed by atoms with Crippen LogP contribution in [0.1, 0.15) is 30.8 Å². The molecule has 0 aromatic carbocycles. The molecule has 0 bridgehead atoms. The third-order valence-electron chi connectivity index (χ3n) is 4.02. The van der Waals surface area contributed by atoms with E-state index >= 15 is 0 Å². The molecule has 5 nitrogen and oxygen atoms in total. The van der Waals surface area contributed by atoms with Gasteiger partial charge in [-0.2, -0.15) is 0 Å². The molecule has 6 heteroatoms. The van der Waals surface area contributed by atoms with E-state index in [1.807, 2.05) is 10.8 Å². The number of imidazole rings is 1. The van der Waals surface area contributed by atoms with Gasteiger partial charge in [0.1, 0.15) is 5.82 Å². The lowest BCUT2D eigenvalue weighted by Crippen LogP contribution is -2.27. The Kier molecular flexibility index (Phi) is 2.94. The molecular formula is C12H18N2O3S. The smallest absolute Gasteiger partial charge is 0.153 e. The highest BCUT2D eigenvalue weighted by atomic mass is 32.2. The Morgan fingerprint density at radius 3 is 3.00 bits per heavy atom. The maximum atomic E-state index is 11.8. The molecule has 3 rings (SSSR count). The normalized spacial score (nSPS) is 30.3. The fourth-order valence-electron chi connectivity index (χ4n) is 2.95. The van der Waals surface area contributed by atoms with Gasteiger partial charge in [-0.3, -0.25) is 0 Å². The summed E-state index contributed by atoms with van der Waals surface area (Å²) in [7, 11) is -2.92. The Labute approximate surface area is 107 Å². The summed E-state index contributed by atoms with van der Waals surface area (Å²) in [5.74, 6) is 1.13. The minimum Gasteiger partial charge on any atom is -0.391 e. The molecule has 0 aliphatic carbocycles. The molecule has 1 fully saturated rings. The molecule has 18 heavy (non-hydrogen) atoms. The van der Waals surface area contributed by atoms with Crippen LogP contribution in [-0.2, 0) is 29.2 Å². The van der Waals surface area contributed by atoms with Crippen LogP contribution in [0.15, 0.2) is 6.20 Å². The maximum Gasteiger partial charge on any atom is 0.153 e. The van der Waals surface area contributed by atoms with E-state index in [0.717, 1.165) is 37.2 Å². The first-order valence-electron chi connectivity index (χ1n) is 6.49. The van der Waals surface area contributed by atoms with E-state index in [1.165, 1.54) is 0 Å². The van der Waals surface area contributed by atoms with Crippen LogP contribution in [0.5, 0.6) is 0 Å². The monoisotopic (exact) mass is 270 g/mol. The molecule has 0 amide bonds. The number of aliphatic hydroxyl groups is 1. The van der Waals surface area contributed by atoms with Crippen molar-refractivity contribution in [3.05, 3.63) is 17.7 Å². The van der Waals surface area contributed by atoms with Gasteiger partial charge in [0.2, 0.25) is 0 Å². The first kappa shape index (κ1) is 12.2. The van der Waals surface area contributed by atoms with Crippen molar-refractivity contribution in [3.8, 4) is 0 Å². The van der Waals surface area contributed by atoms with Gasteiger partial charge >= 0.3 is 0 Å². The summed E-state index contributed by atoms with van der Waals surface area (Å²) in [6.07, 6.45) is 5.10. The molecule has 0 radical (unpaired) electrons. The van der Waals surface area contributed by atoms with Gasteiger partial charge in [-0.25, -0.2) is 13.4 Å². The zero-order valence-corrected chi connectivity index (χ0v) is 11.1. The van der Waals surface area contributed by atoms with E-state index in [9.17, 15) is 13.5 Å². The van der Waals surface area contributed by atoms with Gasteiger partial charge in [-0.1, -0.05) is 0 Å². The molecule has 0 saturated carbocycles. The Hall–Kier alpha value is -0.880. The van der Waals surface area contributed by atoms with Crippen molar-refractivity contribution in [3.63, 3.8) is 0 Å². The number of hydrogen-bond donors (Lipinski definition) is 1. The van der Waals surface area contributed by atoms with Crippen molar-refractivity contribution in [2.45, 2.75) is 50.0 Å². The summed E-state index contributed by atoms with van der Waals surface area (Å²) in [6.45, 7) is 0.553. The molecule has 2 aliphatic heterocycles. The highest BCUT2D eigenvalue weighted by Crippen LogP contribution is 2.25. The first-order valence-corrected chi connectivity index (χ1v) is 8.21. The van der Waals surface area contributed by atoms with Gasteiger partial charge in [0, 0.05) is 18.3 Å². The number of hydrogen-bond acceptors (Lipinski definition) is 4. The third kappa shape index (κ3) is 2.07. The summed E-state index contributed by atoms with van der Waals surface area (Å²) in [6, 6.07) is 0. The second-order valence-electron chi connectivity index (χ2n) is 5.30. The van der Waals surface area contributed by atoms with Crippen LogP contribution in [0, 0.1) is 0 Å². The molecule has 2 atom stereocenters. The van der Waals surface area contributed by atoms with Crippen LogP contribution in [0.2, 0.25) is 0 Å². The Bertz CT molecular complexity index is 550. The van der Waals surface area contributed by atoms with Crippen molar-refractivity contribution < 1.29 is 13.5 Å². The zero-order valence-electron chi connectivity index (χ0n) is 10.2. The van der Waals surface area contributed by atoms with Crippen LogP contribution in [0.4, 0.5) is 0 Å². The summed E-state index contributed by atoms with van der Waals surface area (Å²) in [5, 5.41) is 9.42. The number of rotatable bonds is 2. The Balaban J connectivity index is 1.84. The largest absolute Gasteiger partial charge is 0.391 e. The van der Waals surface area contributed by atoms with Gasteiger partial charge in [0.05, 0.1) is 23.7 Å². The van der Waals surface area contributed by atoms with Gasteiger partial charge in [0.25, 0.3) is 0 Å². The van der Waals surface area contributed by atoms with E-state index < -0.39 is 9.84 Å². The van der Waals surface area contributed by atoms with Crippen LogP contribution < -0.4 is 0 Å². The van der Waals surface area contributed by atoms with Crippen molar-refractivity contribution in [2.75, 3.05) is 5.75 Å². The third-order valence-corrected chi connectivity index (χ3v) is 6.30. The maximum absolute atomic E-state index is 11.8. The van der Waals surface area contributed by atoms with Crippen molar-refractivity contribution in [1.29, 1.82) is 0 Å². The highest BCUT2D eigenvalue weighted by Gasteiger charge is 2.33. The molecule has 2 unspecified atom stereocenters. The van der Waals surface area contributed by atoms with E-state index in [4.69, 9.17) is 0 Å². The van der Waals surface area contributed by atoms with Gasteiger partial charge in [-0.15, -0.1) is 0 Å². The lowest BCUT2D eigenvalue weighted by atomic mass is 10.1. The second-order valence-corrected chi connectivity index (χ2v) is 7.70. The van der Waals surface area contributed by atoms with Crippen LogP contribution in [0.25, 0.3) is 0 Å². The number of aliphatic hydroxyl groups excluding tert-OH is 1. The lowest BCUT2D eigenvalue weighted by molar-refractivity contribution is 0.130. The fourth-order valence-corrected chi connectivity index (χ4v) is 4.78. The standard InChI is InChI=1S/C12H18N2O3S/c15-10-4-3-9-7-13-12(14(9)8-10)6-11-2-1-5-18(11,16)17/h7,10-11,15H,1-6,8H2. The number of nitrogens with zero attached hydrogens (tertiary/aromatic N) is 2. The van der Waals surface area contributed by atoms with Crippen molar-refractivity contribution in [1.82, 2.24) is 9.55 Å². The number of aryl methyl sites for hydroxylation is 1. The number of sulfone groups is 1. The van der Waals surface area contributed by atoms with Gasteiger partial charge in [0.15, 0.2) is 9.84 Å². The summed E-state index contributed by atoms with van der Waals surface area (Å²) >= 11 is 0. The molecule has 100 valence electrons. The summed E-state index contributed by atoms with van der Waals surface area (Å²) in [5.41, 5.74) is 1.12. The van der Waals surface area contributed by atoms with E-state index in [1.54, 1.807) is 0 Å². The predicted molar refractivity (Wildman–Crippen MR) is 67.1 cm³/mol. The minimum atomic E-state index is -2.92. The highest BCUT2D eigenvalue weighted by molar-refractivity contribution is 7.92. The molecule has 2 aliphatic rings. The quantitative estimate of drug-likeness (QED) is 0.839. The van der Waals surface area contributed by atoms with Crippen molar-refractivity contribution in [2.24, 2.45) is 0 Å². The minimum absolute atomic E-state index is 0.275. The summed E-state index contributed by atoms with van der Waals surface area (Å²) in [4.78, 5) is 4.35. The van der Waals surface area contributed by atoms with Crippen LogP contribution >= 0.6 is 0 Å². The van der Waals surface area contributed by atoms with E-state index in [2.05, 4.69) is 4.98 Å². The predicted octanol–water partition coefficient (Wildman–Crippen LogP) is 0.310. The molecule has 1 aromatic rings. The first-order chi connectivity index (χ1) is 8.56. The molecular weight excluding hydrogens is 252 g/mol. The molecule has 3 heterocycles.